The zero-order valence-electron chi connectivity index (χ0n) is 17.7. The molecule has 8 atom stereocenters. The number of aliphatic hydroxyl groups excluding tert-OH is 1. The third-order valence-corrected chi connectivity index (χ3v) is 7.68. The normalized spacial score (nSPS) is 36.5. The van der Waals surface area contributed by atoms with Gasteiger partial charge in [0.05, 0.1) is 30.6 Å². The van der Waals surface area contributed by atoms with Crippen molar-refractivity contribution < 1.29 is 29.3 Å². The first-order valence-corrected chi connectivity index (χ1v) is 11.5. The molecule has 2 bridgehead atoms. The summed E-state index contributed by atoms with van der Waals surface area (Å²) >= 11 is 3.52. The van der Waals surface area contributed by atoms with Gasteiger partial charge in [-0.3, -0.25) is 14.4 Å². The molecular formula is C21H31BrN2O6. The molecule has 3 fully saturated rings. The lowest BCUT2D eigenvalue weighted by molar-refractivity contribution is -0.153. The smallest absolute Gasteiger partial charge is 0.310 e. The van der Waals surface area contributed by atoms with E-state index < -0.39 is 47.5 Å². The molecule has 3 heterocycles. The SMILES string of the molecule is C=CCN(C(=O)C1N([C@H](C)CO)C(=O)[C@@H]2[C@H](C(=O)O)[C@H]3OC12CC3Br)C(C)CCC. The number of hydrogen-bond donors (Lipinski definition) is 2. The maximum Gasteiger partial charge on any atom is 0.310 e. The number of carbonyl (C=O) groups is 3. The summed E-state index contributed by atoms with van der Waals surface area (Å²) in [5.41, 5.74) is -1.22. The summed E-state index contributed by atoms with van der Waals surface area (Å²) in [6.45, 7) is 9.41. The lowest BCUT2D eigenvalue weighted by Crippen LogP contribution is -2.59. The number of amides is 2. The molecule has 3 rings (SSSR count). The van der Waals surface area contributed by atoms with E-state index >= 15 is 0 Å². The fourth-order valence-electron chi connectivity index (χ4n) is 5.55. The van der Waals surface area contributed by atoms with Crippen LogP contribution in [0.15, 0.2) is 12.7 Å². The Hall–Kier alpha value is -1.45. The van der Waals surface area contributed by atoms with Gasteiger partial charge in [-0.05, 0) is 26.7 Å². The number of aliphatic carboxylic acids is 1. The summed E-state index contributed by atoms with van der Waals surface area (Å²) in [5.74, 6) is -3.77. The highest BCUT2D eigenvalue weighted by molar-refractivity contribution is 9.09. The van der Waals surface area contributed by atoms with Crippen LogP contribution in [0.4, 0.5) is 0 Å². The number of carboxylic acids is 1. The zero-order valence-corrected chi connectivity index (χ0v) is 19.2. The monoisotopic (exact) mass is 486 g/mol. The summed E-state index contributed by atoms with van der Waals surface area (Å²) < 4.78 is 6.22. The van der Waals surface area contributed by atoms with E-state index in [-0.39, 0.29) is 23.4 Å². The first-order chi connectivity index (χ1) is 14.2. The summed E-state index contributed by atoms with van der Waals surface area (Å²) in [7, 11) is 0. The van der Waals surface area contributed by atoms with Crippen LogP contribution < -0.4 is 0 Å². The van der Waals surface area contributed by atoms with Gasteiger partial charge >= 0.3 is 5.97 Å². The number of aliphatic hydroxyl groups is 1. The van der Waals surface area contributed by atoms with Crippen molar-refractivity contribution in [1.82, 2.24) is 9.80 Å². The van der Waals surface area contributed by atoms with Gasteiger partial charge in [-0.2, -0.15) is 0 Å². The van der Waals surface area contributed by atoms with Crippen LogP contribution >= 0.6 is 15.9 Å². The van der Waals surface area contributed by atoms with Gasteiger partial charge < -0.3 is 24.7 Å². The maximum atomic E-state index is 13.9. The lowest BCUT2D eigenvalue weighted by Gasteiger charge is -2.40. The minimum atomic E-state index is -1.22. The van der Waals surface area contributed by atoms with E-state index in [1.54, 1.807) is 17.9 Å². The van der Waals surface area contributed by atoms with Crippen molar-refractivity contribution in [2.24, 2.45) is 11.8 Å². The number of halogens is 1. The standard InChI is InChI=1S/C21H31BrN2O6/c1-5-7-11(3)23(8-6-2)19(27)17-21-9-13(22)16(30-21)14(20(28)29)15(21)18(26)24(17)12(4)10-25/h6,11-17,25H,2,5,7-10H2,1,3-4H3,(H,28,29)/t11?,12-,13?,14+,15+,16+,17?,21?/m1/s1. The van der Waals surface area contributed by atoms with Crippen molar-refractivity contribution in [1.29, 1.82) is 0 Å². The molecule has 2 N–H and O–H groups in total. The molecule has 2 amide bonds. The highest BCUT2D eigenvalue weighted by atomic mass is 79.9. The maximum absolute atomic E-state index is 13.9. The predicted molar refractivity (Wildman–Crippen MR) is 113 cm³/mol. The fourth-order valence-corrected chi connectivity index (χ4v) is 6.49. The van der Waals surface area contributed by atoms with Gasteiger partial charge in [-0.25, -0.2) is 0 Å². The van der Waals surface area contributed by atoms with Gasteiger partial charge in [-0.1, -0.05) is 35.4 Å². The summed E-state index contributed by atoms with van der Waals surface area (Å²) in [6.07, 6.45) is 3.02. The van der Waals surface area contributed by atoms with Crippen molar-refractivity contribution in [2.75, 3.05) is 13.2 Å². The number of carbonyl (C=O) groups excluding carboxylic acids is 2. The Kier molecular flexibility index (Phi) is 6.65. The quantitative estimate of drug-likeness (QED) is 0.376. The number of fused-ring (bicyclic) bond motifs is 1. The first kappa shape index (κ1) is 23.2. The van der Waals surface area contributed by atoms with Crippen LogP contribution in [0.2, 0.25) is 0 Å². The van der Waals surface area contributed by atoms with Crippen LogP contribution in [0.5, 0.6) is 0 Å². The van der Waals surface area contributed by atoms with Crippen molar-refractivity contribution in [3.05, 3.63) is 12.7 Å². The third kappa shape index (κ3) is 3.29. The van der Waals surface area contributed by atoms with Gasteiger partial charge in [0.15, 0.2) is 0 Å². The minimum absolute atomic E-state index is 0.0778. The van der Waals surface area contributed by atoms with E-state index in [1.165, 1.54) is 4.90 Å². The molecule has 8 nitrogen and oxygen atoms in total. The molecule has 0 saturated carbocycles. The molecule has 0 aromatic rings. The average molecular weight is 487 g/mol. The molecular weight excluding hydrogens is 456 g/mol. The average Bonchev–Trinajstić information content (AvgIpc) is 3.28. The van der Waals surface area contributed by atoms with Crippen LogP contribution in [-0.4, -0.2) is 85.6 Å². The third-order valence-electron chi connectivity index (χ3n) is 6.83. The van der Waals surface area contributed by atoms with Crippen molar-refractivity contribution >= 4 is 33.7 Å². The first-order valence-electron chi connectivity index (χ1n) is 10.5. The van der Waals surface area contributed by atoms with Crippen LogP contribution in [-0.2, 0) is 19.1 Å². The van der Waals surface area contributed by atoms with E-state index in [1.807, 2.05) is 13.8 Å². The lowest BCUT2D eigenvalue weighted by atomic mass is 9.70. The van der Waals surface area contributed by atoms with E-state index in [0.717, 1.165) is 12.8 Å². The van der Waals surface area contributed by atoms with Crippen LogP contribution in [0.3, 0.4) is 0 Å². The van der Waals surface area contributed by atoms with Gasteiger partial charge in [0, 0.05) is 17.4 Å². The topological polar surface area (TPSA) is 107 Å². The molecule has 0 aliphatic carbocycles. The molecule has 3 saturated heterocycles. The molecule has 0 radical (unpaired) electrons. The van der Waals surface area contributed by atoms with Gasteiger partial charge in [-0.15, -0.1) is 6.58 Å². The van der Waals surface area contributed by atoms with Gasteiger partial charge in [0.1, 0.15) is 11.6 Å². The molecule has 168 valence electrons. The van der Waals surface area contributed by atoms with E-state index in [4.69, 9.17) is 4.74 Å². The molecule has 3 aliphatic rings. The highest BCUT2D eigenvalue weighted by Gasteiger charge is 2.77. The minimum Gasteiger partial charge on any atom is -0.481 e. The molecule has 0 aromatic carbocycles. The summed E-state index contributed by atoms with van der Waals surface area (Å²) in [5, 5.41) is 19.6. The Morgan fingerprint density at radius 3 is 2.67 bits per heavy atom. The second kappa shape index (κ2) is 8.59. The zero-order chi connectivity index (χ0) is 22.4. The van der Waals surface area contributed by atoms with Crippen LogP contribution in [0.1, 0.15) is 40.0 Å². The molecule has 30 heavy (non-hydrogen) atoms. The van der Waals surface area contributed by atoms with E-state index in [9.17, 15) is 24.6 Å². The number of rotatable bonds is 9. The van der Waals surface area contributed by atoms with Gasteiger partial charge in [0.2, 0.25) is 11.8 Å². The van der Waals surface area contributed by atoms with Gasteiger partial charge in [0.25, 0.3) is 0 Å². The summed E-state index contributed by atoms with van der Waals surface area (Å²) in [6, 6.07) is -1.69. The van der Waals surface area contributed by atoms with E-state index in [0.29, 0.717) is 13.0 Å². The Bertz CT molecular complexity index is 732. The Balaban J connectivity index is 2.09. The van der Waals surface area contributed by atoms with E-state index in [2.05, 4.69) is 22.5 Å². The Labute approximate surface area is 185 Å². The molecule has 9 heteroatoms. The highest BCUT2D eigenvalue weighted by Crippen LogP contribution is 2.60. The number of nitrogens with zero attached hydrogens (tertiary/aromatic N) is 2. The molecule has 3 aliphatic heterocycles. The summed E-state index contributed by atoms with van der Waals surface area (Å²) in [4.78, 5) is 42.2. The molecule has 0 aromatic heterocycles. The van der Waals surface area contributed by atoms with Crippen LogP contribution in [0, 0.1) is 11.8 Å². The number of carboxylic acid groups (broad SMARTS) is 1. The second-order valence-corrected chi connectivity index (χ2v) is 9.87. The fraction of sp³-hybridized carbons (Fsp3) is 0.762. The predicted octanol–water partition coefficient (Wildman–Crippen LogP) is 1.40. The molecule has 1 spiro atoms. The number of likely N-dealkylation sites (tertiary alicyclic amines) is 1. The molecule has 4 unspecified atom stereocenters. The Morgan fingerprint density at radius 1 is 1.47 bits per heavy atom. The number of ether oxygens (including phenoxy) is 1. The number of hydrogen-bond acceptors (Lipinski definition) is 5. The number of alkyl halides is 1. The van der Waals surface area contributed by atoms with Crippen molar-refractivity contribution in [3.8, 4) is 0 Å². The van der Waals surface area contributed by atoms with Crippen molar-refractivity contribution in [2.45, 2.75) is 74.7 Å². The largest absolute Gasteiger partial charge is 0.481 e. The Morgan fingerprint density at radius 2 is 2.13 bits per heavy atom. The van der Waals surface area contributed by atoms with Crippen LogP contribution in [0.25, 0.3) is 0 Å². The van der Waals surface area contributed by atoms with Crippen molar-refractivity contribution in [3.63, 3.8) is 0 Å². The second-order valence-electron chi connectivity index (χ2n) is 8.70.